The van der Waals surface area contributed by atoms with Crippen LogP contribution in [0.2, 0.25) is 0 Å². The maximum Gasteiger partial charge on any atom is 0.250 e. The van der Waals surface area contributed by atoms with Gasteiger partial charge in [0.15, 0.2) is 11.6 Å². The standard InChI is InChI=1S/C24H21BrN6O/c25-18-12-7-13-19(14-18)29-22-21(26)23(28-15-27-22)30-31-24(32)20(16-8-3-1-4-9-16)17-10-5-2-6-11-17/h1-15,20H,26H2,(H,31,32)(H2,27,28,29,30). The summed E-state index contributed by atoms with van der Waals surface area (Å²) in [5.74, 6) is -0.00243. The Morgan fingerprint density at radius 1 is 0.844 bits per heavy atom. The summed E-state index contributed by atoms with van der Waals surface area (Å²) in [6.45, 7) is 0. The molecule has 32 heavy (non-hydrogen) atoms. The summed E-state index contributed by atoms with van der Waals surface area (Å²) in [7, 11) is 0. The topological polar surface area (TPSA) is 105 Å². The molecule has 1 aromatic heterocycles. The molecule has 0 aliphatic rings. The van der Waals surface area contributed by atoms with E-state index in [0.29, 0.717) is 11.6 Å². The van der Waals surface area contributed by atoms with Crippen LogP contribution in [-0.4, -0.2) is 15.9 Å². The average molecular weight is 489 g/mol. The Hall–Kier alpha value is -3.91. The molecule has 160 valence electrons. The summed E-state index contributed by atoms with van der Waals surface area (Å²) in [6, 6.07) is 26.8. The van der Waals surface area contributed by atoms with E-state index in [4.69, 9.17) is 5.73 Å². The smallest absolute Gasteiger partial charge is 0.250 e. The number of rotatable bonds is 7. The first kappa shape index (κ1) is 21.3. The number of hydrogen-bond donors (Lipinski definition) is 4. The maximum absolute atomic E-state index is 13.2. The van der Waals surface area contributed by atoms with Gasteiger partial charge in [0.05, 0.1) is 5.92 Å². The molecule has 8 heteroatoms. The lowest BCUT2D eigenvalue weighted by Crippen LogP contribution is -2.35. The molecule has 0 radical (unpaired) electrons. The lowest BCUT2D eigenvalue weighted by atomic mass is 9.91. The van der Waals surface area contributed by atoms with E-state index in [9.17, 15) is 4.79 Å². The third-order valence-electron chi connectivity index (χ3n) is 4.80. The Bertz CT molecular complexity index is 1160. The maximum atomic E-state index is 13.2. The zero-order chi connectivity index (χ0) is 22.3. The van der Waals surface area contributed by atoms with E-state index in [-0.39, 0.29) is 11.6 Å². The molecule has 0 bridgehead atoms. The summed E-state index contributed by atoms with van der Waals surface area (Å²) >= 11 is 3.44. The van der Waals surface area contributed by atoms with Crippen molar-refractivity contribution in [2.24, 2.45) is 0 Å². The largest absolute Gasteiger partial charge is 0.393 e. The number of amides is 1. The number of nitrogens with zero attached hydrogens (tertiary/aromatic N) is 2. The molecule has 0 saturated carbocycles. The minimum atomic E-state index is -0.493. The SMILES string of the molecule is Nc1c(NNC(=O)C(c2ccccc2)c2ccccc2)ncnc1Nc1cccc(Br)c1. The monoisotopic (exact) mass is 488 g/mol. The number of nitrogens with one attached hydrogen (secondary N) is 3. The summed E-state index contributed by atoms with van der Waals surface area (Å²) < 4.78 is 0.925. The number of halogens is 1. The molecule has 0 saturated heterocycles. The van der Waals surface area contributed by atoms with Crippen LogP contribution in [0.25, 0.3) is 0 Å². The van der Waals surface area contributed by atoms with Crippen LogP contribution < -0.4 is 21.9 Å². The van der Waals surface area contributed by atoms with E-state index in [0.717, 1.165) is 21.3 Å². The van der Waals surface area contributed by atoms with Crippen LogP contribution in [-0.2, 0) is 4.79 Å². The van der Waals surface area contributed by atoms with Crippen molar-refractivity contribution < 1.29 is 4.79 Å². The highest BCUT2D eigenvalue weighted by Crippen LogP contribution is 2.28. The summed E-state index contributed by atoms with van der Waals surface area (Å²) in [6.07, 6.45) is 1.37. The van der Waals surface area contributed by atoms with Crippen molar-refractivity contribution in [2.75, 3.05) is 16.5 Å². The van der Waals surface area contributed by atoms with Crippen molar-refractivity contribution in [3.05, 3.63) is 107 Å². The molecule has 3 aromatic carbocycles. The van der Waals surface area contributed by atoms with E-state index in [1.54, 1.807) is 0 Å². The van der Waals surface area contributed by atoms with Gasteiger partial charge < -0.3 is 11.1 Å². The van der Waals surface area contributed by atoms with Gasteiger partial charge in [0, 0.05) is 10.2 Å². The first-order valence-electron chi connectivity index (χ1n) is 9.90. The summed E-state index contributed by atoms with van der Waals surface area (Å²) in [5.41, 5.74) is 14.7. The first-order valence-corrected chi connectivity index (χ1v) is 10.7. The lowest BCUT2D eigenvalue weighted by Gasteiger charge is -2.19. The van der Waals surface area contributed by atoms with Crippen molar-refractivity contribution >= 4 is 44.8 Å². The van der Waals surface area contributed by atoms with Gasteiger partial charge in [0.2, 0.25) is 5.91 Å². The van der Waals surface area contributed by atoms with Gasteiger partial charge in [-0.3, -0.25) is 15.6 Å². The van der Waals surface area contributed by atoms with Crippen LogP contribution in [0, 0.1) is 0 Å². The third kappa shape index (κ3) is 5.04. The predicted octanol–water partition coefficient (Wildman–Crippen LogP) is 4.84. The number of nitrogens with two attached hydrogens (primary N) is 1. The van der Waals surface area contributed by atoms with E-state index in [1.165, 1.54) is 6.33 Å². The number of hydrazine groups is 1. The van der Waals surface area contributed by atoms with Crippen LogP contribution in [0.1, 0.15) is 17.0 Å². The third-order valence-corrected chi connectivity index (χ3v) is 5.30. The minimum absolute atomic E-state index is 0.234. The van der Waals surface area contributed by atoms with Crippen molar-refractivity contribution in [1.82, 2.24) is 15.4 Å². The molecule has 1 heterocycles. The van der Waals surface area contributed by atoms with Gasteiger partial charge >= 0.3 is 0 Å². The molecule has 0 spiro atoms. The van der Waals surface area contributed by atoms with E-state index < -0.39 is 5.92 Å². The van der Waals surface area contributed by atoms with Crippen LogP contribution in [0.15, 0.2) is 95.7 Å². The second-order valence-corrected chi connectivity index (χ2v) is 7.90. The van der Waals surface area contributed by atoms with E-state index >= 15 is 0 Å². The van der Waals surface area contributed by atoms with Gasteiger partial charge in [0.1, 0.15) is 12.0 Å². The molecular weight excluding hydrogens is 468 g/mol. The lowest BCUT2D eigenvalue weighted by molar-refractivity contribution is -0.121. The number of aromatic nitrogens is 2. The van der Waals surface area contributed by atoms with Gasteiger partial charge in [-0.25, -0.2) is 9.97 Å². The zero-order valence-electron chi connectivity index (χ0n) is 17.0. The molecule has 0 fully saturated rings. The molecule has 0 aliphatic heterocycles. The molecule has 0 aliphatic carbocycles. The van der Waals surface area contributed by atoms with Crippen LogP contribution >= 0.6 is 15.9 Å². The molecule has 4 aromatic rings. The van der Waals surface area contributed by atoms with Crippen LogP contribution in [0.4, 0.5) is 23.0 Å². The Labute approximate surface area is 194 Å². The fourth-order valence-corrected chi connectivity index (χ4v) is 3.68. The zero-order valence-corrected chi connectivity index (χ0v) is 18.6. The summed E-state index contributed by atoms with van der Waals surface area (Å²) in [4.78, 5) is 21.5. The first-order chi connectivity index (χ1) is 15.6. The number of anilines is 4. The van der Waals surface area contributed by atoms with Gasteiger partial charge in [-0.15, -0.1) is 0 Å². The Morgan fingerprint density at radius 3 is 2.09 bits per heavy atom. The van der Waals surface area contributed by atoms with Crippen LogP contribution in [0.5, 0.6) is 0 Å². The number of nitrogen functional groups attached to an aromatic ring is 1. The minimum Gasteiger partial charge on any atom is -0.393 e. The molecular formula is C24H21BrN6O. The number of carbonyl (C=O) groups excluding carboxylic acids is 1. The molecule has 7 nitrogen and oxygen atoms in total. The van der Waals surface area contributed by atoms with E-state index in [2.05, 4.69) is 42.1 Å². The second kappa shape index (κ2) is 9.93. The number of hydrogen-bond acceptors (Lipinski definition) is 6. The van der Waals surface area contributed by atoms with Gasteiger partial charge in [0.25, 0.3) is 0 Å². The van der Waals surface area contributed by atoms with Gasteiger partial charge in [-0.2, -0.15) is 0 Å². The van der Waals surface area contributed by atoms with Crippen molar-refractivity contribution in [3.8, 4) is 0 Å². The molecule has 5 N–H and O–H groups in total. The highest BCUT2D eigenvalue weighted by atomic mass is 79.9. The highest BCUT2D eigenvalue weighted by molar-refractivity contribution is 9.10. The van der Waals surface area contributed by atoms with E-state index in [1.807, 2.05) is 84.9 Å². The predicted molar refractivity (Wildman–Crippen MR) is 130 cm³/mol. The van der Waals surface area contributed by atoms with Crippen molar-refractivity contribution in [2.45, 2.75) is 5.92 Å². The van der Waals surface area contributed by atoms with Crippen molar-refractivity contribution in [1.29, 1.82) is 0 Å². The Morgan fingerprint density at radius 2 is 1.47 bits per heavy atom. The van der Waals surface area contributed by atoms with Crippen LogP contribution in [0.3, 0.4) is 0 Å². The molecule has 1 amide bonds. The van der Waals surface area contributed by atoms with Gasteiger partial charge in [-0.05, 0) is 29.3 Å². The van der Waals surface area contributed by atoms with Gasteiger partial charge in [-0.1, -0.05) is 82.7 Å². The quantitative estimate of drug-likeness (QED) is 0.277. The molecule has 4 rings (SSSR count). The average Bonchev–Trinajstić information content (AvgIpc) is 2.81. The number of benzene rings is 3. The highest BCUT2D eigenvalue weighted by Gasteiger charge is 2.23. The molecule has 0 atom stereocenters. The fraction of sp³-hybridized carbons (Fsp3) is 0.0417. The molecule has 0 unspecified atom stereocenters. The fourth-order valence-electron chi connectivity index (χ4n) is 3.28. The second-order valence-electron chi connectivity index (χ2n) is 6.99. The Kier molecular flexibility index (Phi) is 6.62. The Balaban J connectivity index is 1.52. The van der Waals surface area contributed by atoms with Crippen molar-refractivity contribution in [3.63, 3.8) is 0 Å². The summed E-state index contributed by atoms with van der Waals surface area (Å²) in [5, 5.41) is 3.16. The number of carbonyl (C=O) groups is 1. The normalized spacial score (nSPS) is 10.6.